The molecule has 104 valence electrons. The Kier molecular flexibility index (Phi) is 3.62. The van der Waals surface area contributed by atoms with E-state index in [0.717, 1.165) is 37.6 Å². The maximum atomic E-state index is 5.71. The monoisotopic (exact) mass is 262 g/mol. The van der Waals surface area contributed by atoms with Crippen LogP contribution in [-0.2, 0) is 6.42 Å². The van der Waals surface area contributed by atoms with Crippen molar-refractivity contribution >= 4 is 0 Å². The average molecular weight is 262 g/mol. The first kappa shape index (κ1) is 12.8. The molecule has 4 nitrogen and oxygen atoms in total. The summed E-state index contributed by atoms with van der Waals surface area (Å²) >= 11 is 0. The highest BCUT2D eigenvalue weighted by molar-refractivity contribution is 5.50. The summed E-state index contributed by atoms with van der Waals surface area (Å²) in [5.74, 6) is 1.82. The van der Waals surface area contributed by atoms with Gasteiger partial charge in [-0.3, -0.25) is 4.90 Å². The number of hydrogen-bond donors (Lipinski definition) is 1. The Morgan fingerprint density at radius 1 is 1.26 bits per heavy atom. The lowest BCUT2D eigenvalue weighted by molar-refractivity contribution is 0.168. The standard InChI is InChI=1S/C15H22N2O2/c1-3-16-10-13-12-9-15-14(18-6-7-19-15)8-11(12)4-5-17(13)2/h8-9,13,16H,3-7,10H2,1-2H3. The molecule has 19 heavy (non-hydrogen) atoms. The molecule has 2 aliphatic heterocycles. The molecule has 2 aliphatic rings. The Bertz CT molecular complexity index is 462. The van der Waals surface area contributed by atoms with Crippen LogP contribution in [0.3, 0.4) is 0 Å². The lowest BCUT2D eigenvalue weighted by Crippen LogP contribution is -2.38. The molecule has 1 N–H and O–H groups in total. The van der Waals surface area contributed by atoms with Gasteiger partial charge in [0.2, 0.25) is 0 Å². The maximum absolute atomic E-state index is 5.71. The number of fused-ring (bicyclic) bond motifs is 2. The van der Waals surface area contributed by atoms with E-state index in [0.29, 0.717) is 19.3 Å². The van der Waals surface area contributed by atoms with Crippen molar-refractivity contribution in [3.05, 3.63) is 23.3 Å². The van der Waals surface area contributed by atoms with Crippen LogP contribution in [0.15, 0.2) is 12.1 Å². The van der Waals surface area contributed by atoms with Crippen molar-refractivity contribution in [3.8, 4) is 11.5 Å². The number of likely N-dealkylation sites (N-methyl/N-ethyl adjacent to an activating group) is 2. The van der Waals surface area contributed by atoms with Gasteiger partial charge in [0.15, 0.2) is 11.5 Å². The van der Waals surface area contributed by atoms with E-state index in [4.69, 9.17) is 9.47 Å². The third-order valence-corrected chi connectivity index (χ3v) is 4.02. The predicted molar refractivity (Wildman–Crippen MR) is 75.1 cm³/mol. The first-order chi connectivity index (χ1) is 9.29. The molecular formula is C15H22N2O2. The van der Waals surface area contributed by atoms with Crippen LogP contribution in [0.2, 0.25) is 0 Å². The molecule has 0 fully saturated rings. The second kappa shape index (κ2) is 5.39. The van der Waals surface area contributed by atoms with Crippen LogP contribution in [0.5, 0.6) is 11.5 Å². The fourth-order valence-corrected chi connectivity index (χ4v) is 2.91. The molecule has 1 atom stereocenters. The van der Waals surface area contributed by atoms with Crippen molar-refractivity contribution in [1.29, 1.82) is 0 Å². The second-order valence-electron chi connectivity index (χ2n) is 5.25. The molecule has 4 heteroatoms. The van der Waals surface area contributed by atoms with Gasteiger partial charge in [-0.15, -0.1) is 0 Å². The van der Waals surface area contributed by atoms with E-state index >= 15 is 0 Å². The van der Waals surface area contributed by atoms with E-state index in [9.17, 15) is 0 Å². The van der Waals surface area contributed by atoms with Gasteiger partial charge < -0.3 is 14.8 Å². The molecule has 0 spiro atoms. The number of hydrogen-bond acceptors (Lipinski definition) is 4. The molecule has 1 aromatic rings. The molecule has 2 heterocycles. The normalized spacial score (nSPS) is 22.1. The van der Waals surface area contributed by atoms with Crippen LogP contribution in [0.1, 0.15) is 24.1 Å². The maximum Gasteiger partial charge on any atom is 0.161 e. The fourth-order valence-electron chi connectivity index (χ4n) is 2.91. The van der Waals surface area contributed by atoms with Crippen LogP contribution in [0.4, 0.5) is 0 Å². The molecule has 0 saturated heterocycles. The van der Waals surface area contributed by atoms with Gasteiger partial charge in [0.05, 0.1) is 0 Å². The Labute approximate surface area is 114 Å². The molecule has 0 amide bonds. The lowest BCUT2D eigenvalue weighted by Gasteiger charge is -2.35. The minimum Gasteiger partial charge on any atom is -0.486 e. The van der Waals surface area contributed by atoms with Gasteiger partial charge in [-0.1, -0.05) is 6.92 Å². The summed E-state index contributed by atoms with van der Waals surface area (Å²) in [6.45, 7) is 6.55. The first-order valence-corrected chi connectivity index (χ1v) is 7.13. The smallest absolute Gasteiger partial charge is 0.161 e. The molecule has 0 radical (unpaired) electrons. The Morgan fingerprint density at radius 2 is 2.00 bits per heavy atom. The molecule has 0 saturated carbocycles. The zero-order valence-corrected chi connectivity index (χ0v) is 11.7. The number of nitrogens with zero attached hydrogens (tertiary/aromatic N) is 1. The summed E-state index contributed by atoms with van der Waals surface area (Å²) in [5, 5.41) is 3.46. The zero-order chi connectivity index (χ0) is 13.2. The molecule has 0 bridgehead atoms. The summed E-state index contributed by atoms with van der Waals surface area (Å²) in [6.07, 6.45) is 1.09. The van der Waals surface area contributed by atoms with Gasteiger partial charge >= 0.3 is 0 Å². The SMILES string of the molecule is CCNCC1c2cc3c(cc2CCN1C)OCCO3. The highest BCUT2D eigenvalue weighted by atomic mass is 16.6. The summed E-state index contributed by atoms with van der Waals surface area (Å²) in [4.78, 5) is 2.42. The number of benzene rings is 1. The Hall–Kier alpha value is -1.26. The molecular weight excluding hydrogens is 240 g/mol. The van der Waals surface area contributed by atoms with Crippen molar-refractivity contribution in [3.63, 3.8) is 0 Å². The van der Waals surface area contributed by atoms with Gasteiger partial charge in [0.25, 0.3) is 0 Å². The minimum absolute atomic E-state index is 0.430. The van der Waals surface area contributed by atoms with Gasteiger partial charge in [0, 0.05) is 19.1 Å². The van der Waals surface area contributed by atoms with Crippen LogP contribution in [0.25, 0.3) is 0 Å². The highest BCUT2D eigenvalue weighted by Crippen LogP contribution is 2.38. The van der Waals surface area contributed by atoms with Crippen molar-refractivity contribution in [2.24, 2.45) is 0 Å². The quantitative estimate of drug-likeness (QED) is 0.897. The largest absolute Gasteiger partial charge is 0.486 e. The van der Waals surface area contributed by atoms with Crippen LogP contribution >= 0.6 is 0 Å². The Balaban J connectivity index is 1.94. The van der Waals surface area contributed by atoms with E-state index in [2.05, 4.69) is 36.3 Å². The second-order valence-corrected chi connectivity index (χ2v) is 5.25. The molecule has 3 rings (SSSR count). The average Bonchev–Trinajstić information content (AvgIpc) is 2.44. The third kappa shape index (κ3) is 2.42. The van der Waals surface area contributed by atoms with Gasteiger partial charge in [0.1, 0.15) is 13.2 Å². The predicted octanol–water partition coefficient (Wildman–Crippen LogP) is 1.60. The van der Waals surface area contributed by atoms with E-state index in [1.807, 2.05) is 0 Å². The van der Waals surface area contributed by atoms with E-state index < -0.39 is 0 Å². The van der Waals surface area contributed by atoms with E-state index in [1.165, 1.54) is 11.1 Å². The zero-order valence-electron chi connectivity index (χ0n) is 11.7. The van der Waals surface area contributed by atoms with Gasteiger partial charge in [-0.2, -0.15) is 0 Å². The highest BCUT2D eigenvalue weighted by Gasteiger charge is 2.27. The van der Waals surface area contributed by atoms with Crippen LogP contribution in [0, 0.1) is 0 Å². The third-order valence-electron chi connectivity index (χ3n) is 4.02. The minimum atomic E-state index is 0.430. The van der Waals surface area contributed by atoms with Crippen molar-refractivity contribution in [2.45, 2.75) is 19.4 Å². The number of nitrogens with one attached hydrogen (secondary N) is 1. The molecule has 0 aromatic heterocycles. The van der Waals surface area contributed by atoms with Crippen LogP contribution in [-0.4, -0.2) is 44.8 Å². The molecule has 0 aliphatic carbocycles. The van der Waals surface area contributed by atoms with E-state index in [-0.39, 0.29) is 0 Å². The Morgan fingerprint density at radius 3 is 2.74 bits per heavy atom. The molecule has 1 aromatic carbocycles. The van der Waals surface area contributed by atoms with Crippen molar-refractivity contribution in [1.82, 2.24) is 10.2 Å². The molecule has 1 unspecified atom stereocenters. The first-order valence-electron chi connectivity index (χ1n) is 7.13. The fraction of sp³-hybridized carbons (Fsp3) is 0.600. The summed E-state index contributed by atoms with van der Waals surface area (Å²) < 4.78 is 11.4. The number of ether oxygens (including phenoxy) is 2. The summed E-state index contributed by atoms with van der Waals surface area (Å²) in [6, 6.07) is 4.79. The summed E-state index contributed by atoms with van der Waals surface area (Å²) in [7, 11) is 2.20. The topological polar surface area (TPSA) is 33.7 Å². The summed E-state index contributed by atoms with van der Waals surface area (Å²) in [5.41, 5.74) is 2.80. The van der Waals surface area contributed by atoms with Crippen molar-refractivity contribution < 1.29 is 9.47 Å². The van der Waals surface area contributed by atoms with Crippen LogP contribution < -0.4 is 14.8 Å². The lowest BCUT2D eigenvalue weighted by atomic mass is 9.92. The van der Waals surface area contributed by atoms with Gasteiger partial charge in [-0.05, 0) is 43.3 Å². The number of rotatable bonds is 3. The van der Waals surface area contributed by atoms with Gasteiger partial charge in [-0.25, -0.2) is 0 Å². The van der Waals surface area contributed by atoms with E-state index in [1.54, 1.807) is 0 Å². The van der Waals surface area contributed by atoms with Crippen molar-refractivity contribution in [2.75, 3.05) is 39.9 Å².